The lowest BCUT2D eigenvalue weighted by Gasteiger charge is -2.55. The molecule has 188 valence electrons. The van der Waals surface area contributed by atoms with Gasteiger partial charge < -0.3 is 15.1 Å². The molecule has 2 atom stereocenters. The van der Waals surface area contributed by atoms with Crippen LogP contribution in [0.1, 0.15) is 17.5 Å². The highest BCUT2D eigenvalue weighted by Crippen LogP contribution is 2.29. The van der Waals surface area contributed by atoms with Gasteiger partial charge in [0.2, 0.25) is 11.8 Å². The Balaban J connectivity index is 1.64. The summed E-state index contributed by atoms with van der Waals surface area (Å²) in [6.07, 6.45) is 7.44. The van der Waals surface area contributed by atoms with Crippen LogP contribution < -0.4 is 5.32 Å². The highest BCUT2D eigenvalue weighted by Gasteiger charge is 2.51. The summed E-state index contributed by atoms with van der Waals surface area (Å²) in [5.74, 6) is 3.01. The predicted molar refractivity (Wildman–Crippen MR) is 140 cm³/mol. The molecule has 9 heteroatoms. The smallest absolute Gasteiger partial charge is 0.333 e. The van der Waals surface area contributed by atoms with Crippen molar-refractivity contribution in [1.29, 1.82) is 0 Å². The van der Waals surface area contributed by atoms with Gasteiger partial charge in [0.15, 0.2) is 0 Å². The molecule has 2 aliphatic rings. The van der Waals surface area contributed by atoms with E-state index in [0.717, 1.165) is 16.9 Å². The number of hydrogen-bond acceptors (Lipinski definition) is 5. The maximum Gasteiger partial charge on any atom is 0.334 e. The van der Waals surface area contributed by atoms with Crippen LogP contribution in [0.3, 0.4) is 0 Å². The first-order valence-corrected chi connectivity index (χ1v) is 13.3. The summed E-state index contributed by atoms with van der Waals surface area (Å²) >= 11 is 1.63. The number of nitrogens with one attached hydrogen (secondary N) is 1. The van der Waals surface area contributed by atoms with Crippen LogP contribution in [0.5, 0.6) is 0 Å². The van der Waals surface area contributed by atoms with E-state index in [-0.39, 0.29) is 37.5 Å². The molecule has 1 unspecified atom stereocenters. The van der Waals surface area contributed by atoms with Crippen LogP contribution in [-0.2, 0) is 22.7 Å². The number of urea groups is 1. The van der Waals surface area contributed by atoms with Crippen molar-refractivity contribution in [3.63, 3.8) is 0 Å². The van der Waals surface area contributed by atoms with E-state index in [4.69, 9.17) is 6.42 Å². The van der Waals surface area contributed by atoms with E-state index in [2.05, 4.69) is 11.2 Å². The molecule has 2 heterocycles. The molecular formula is C27H31N5O3S. The molecule has 1 N–H and O–H groups in total. The molecule has 0 saturated carbocycles. The molecule has 8 nitrogen and oxygen atoms in total. The standard InChI is InChI=1S/C27H31N5O3S/c1-3-15-30-20-25(33)31-23(14-16-36-2)26(34)29(18-22-12-8-5-9-13-22)19-24(31)32(30)27(35)28-17-21-10-6-4-7-11-21/h1,4-13,23-24H,14-20H2,2H3,(H,28,35)/t23-,24?/m0/s1. The fourth-order valence-corrected chi connectivity index (χ4v) is 5.20. The van der Waals surface area contributed by atoms with Gasteiger partial charge in [-0.25, -0.2) is 9.80 Å². The van der Waals surface area contributed by atoms with E-state index in [1.54, 1.807) is 31.6 Å². The second-order valence-corrected chi connectivity index (χ2v) is 9.78. The maximum absolute atomic E-state index is 13.6. The number of carbonyl (C=O) groups excluding carboxylic acids is 3. The van der Waals surface area contributed by atoms with Gasteiger partial charge in [0.1, 0.15) is 12.2 Å². The van der Waals surface area contributed by atoms with Crippen LogP contribution in [0.4, 0.5) is 4.79 Å². The lowest BCUT2D eigenvalue weighted by molar-refractivity contribution is -0.189. The number of hydrazine groups is 1. The first-order chi connectivity index (χ1) is 17.5. The molecule has 36 heavy (non-hydrogen) atoms. The Morgan fingerprint density at radius 2 is 1.75 bits per heavy atom. The average Bonchev–Trinajstić information content (AvgIpc) is 2.89. The quantitative estimate of drug-likeness (QED) is 0.558. The number of thioether (sulfide) groups is 1. The van der Waals surface area contributed by atoms with Gasteiger partial charge in [0.25, 0.3) is 0 Å². The number of piperazine rings is 1. The fourth-order valence-electron chi connectivity index (χ4n) is 4.74. The zero-order chi connectivity index (χ0) is 25.5. The van der Waals surface area contributed by atoms with Crippen LogP contribution in [0.25, 0.3) is 0 Å². The van der Waals surface area contributed by atoms with Crippen LogP contribution in [0.15, 0.2) is 60.7 Å². The van der Waals surface area contributed by atoms with Gasteiger partial charge in [-0.2, -0.15) is 16.8 Å². The van der Waals surface area contributed by atoms with E-state index < -0.39 is 12.2 Å². The fraction of sp³-hybridized carbons (Fsp3) is 0.370. The summed E-state index contributed by atoms with van der Waals surface area (Å²) in [6.45, 7) is 0.999. The van der Waals surface area contributed by atoms with E-state index in [9.17, 15) is 14.4 Å². The van der Waals surface area contributed by atoms with E-state index in [1.807, 2.05) is 66.9 Å². The van der Waals surface area contributed by atoms with Crippen molar-refractivity contribution in [3.8, 4) is 12.3 Å². The molecule has 4 amide bonds. The molecule has 2 fully saturated rings. The number of amides is 4. The second-order valence-electron chi connectivity index (χ2n) is 8.80. The molecule has 0 spiro atoms. The van der Waals surface area contributed by atoms with E-state index in [0.29, 0.717) is 19.5 Å². The number of nitrogens with zero attached hydrogens (tertiary/aromatic N) is 4. The summed E-state index contributed by atoms with van der Waals surface area (Å²) in [5, 5.41) is 6.12. The lowest BCUT2D eigenvalue weighted by atomic mass is 10.0. The third-order valence-electron chi connectivity index (χ3n) is 6.41. The van der Waals surface area contributed by atoms with Crippen LogP contribution in [0, 0.1) is 12.3 Å². The Morgan fingerprint density at radius 1 is 1.08 bits per heavy atom. The minimum absolute atomic E-state index is 0.0544. The molecule has 0 aliphatic carbocycles. The van der Waals surface area contributed by atoms with Crippen molar-refractivity contribution in [3.05, 3.63) is 71.8 Å². The Bertz CT molecular complexity index is 1110. The highest BCUT2D eigenvalue weighted by molar-refractivity contribution is 7.98. The third-order valence-corrected chi connectivity index (χ3v) is 7.05. The number of terminal acetylenes is 1. The highest BCUT2D eigenvalue weighted by atomic mass is 32.2. The topological polar surface area (TPSA) is 76.2 Å². The van der Waals surface area contributed by atoms with Gasteiger partial charge in [0.05, 0.1) is 19.6 Å². The number of carbonyl (C=O) groups is 3. The van der Waals surface area contributed by atoms with Crippen LogP contribution in [0.2, 0.25) is 0 Å². The van der Waals surface area contributed by atoms with Gasteiger partial charge in [0, 0.05) is 13.1 Å². The summed E-state index contributed by atoms with van der Waals surface area (Å²) in [7, 11) is 0. The lowest BCUT2D eigenvalue weighted by Crippen LogP contribution is -2.76. The zero-order valence-corrected chi connectivity index (χ0v) is 21.2. The van der Waals surface area contributed by atoms with Crippen molar-refractivity contribution >= 4 is 29.6 Å². The summed E-state index contributed by atoms with van der Waals surface area (Å²) < 4.78 is 0. The molecule has 2 aromatic carbocycles. The number of rotatable bonds is 8. The molecule has 2 saturated heterocycles. The maximum atomic E-state index is 13.6. The Kier molecular flexibility index (Phi) is 8.52. The van der Waals surface area contributed by atoms with Crippen molar-refractivity contribution in [2.24, 2.45) is 0 Å². The van der Waals surface area contributed by atoms with Crippen molar-refractivity contribution < 1.29 is 14.4 Å². The first kappa shape index (κ1) is 25.6. The molecule has 0 bridgehead atoms. The summed E-state index contributed by atoms with van der Waals surface area (Å²) in [4.78, 5) is 43.8. The predicted octanol–water partition coefficient (Wildman–Crippen LogP) is 2.38. The molecule has 0 radical (unpaired) electrons. The molecule has 4 rings (SSSR count). The monoisotopic (exact) mass is 505 g/mol. The molecule has 0 aromatic heterocycles. The van der Waals surface area contributed by atoms with Crippen LogP contribution in [-0.4, -0.2) is 81.5 Å². The van der Waals surface area contributed by atoms with Crippen LogP contribution >= 0.6 is 11.8 Å². The normalized spacial score (nSPS) is 20.2. The number of benzene rings is 2. The largest absolute Gasteiger partial charge is 0.334 e. The zero-order valence-electron chi connectivity index (χ0n) is 20.4. The number of hydrogen-bond donors (Lipinski definition) is 1. The van der Waals surface area contributed by atoms with E-state index >= 15 is 0 Å². The second kappa shape index (κ2) is 12.0. The van der Waals surface area contributed by atoms with E-state index in [1.165, 1.54) is 0 Å². The van der Waals surface area contributed by atoms with Gasteiger partial charge in [-0.1, -0.05) is 66.6 Å². The van der Waals surface area contributed by atoms with Crippen molar-refractivity contribution in [2.75, 3.05) is 31.6 Å². The minimum Gasteiger partial charge on any atom is -0.333 e. The molecule has 2 aromatic rings. The summed E-state index contributed by atoms with van der Waals surface area (Å²) in [6, 6.07) is 18.4. The third kappa shape index (κ3) is 5.66. The van der Waals surface area contributed by atoms with Crippen molar-refractivity contribution in [1.82, 2.24) is 25.1 Å². The molecular weight excluding hydrogens is 474 g/mol. The Morgan fingerprint density at radius 3 is 2.39 bits per heavy atom. The van der Waals surface area contributed by atoms with Crippen molar-refractivity contribution in [2.45, 2.75) is 31.7 Å². The van der Waals surface area contributed by atoms with Gasteiger partial charge in [-0.15, -0.1) is 6.42 Å². The SMILES string of the molecule is C#CCN1CC(=O)N2C(CN(Cc3ccccc3)C(=O)[C@@H]2CCSC)N1C(=O)NCc1ccccc1. The number of fused-ring (bicyclic) bond motifs is 1. The van der Waals surface area contributed by atoms with Gasteiger partial charge in [-0.05, 0) is 29.6 Å². The minimum atomic E-state index is -0.649. The Labute approximate surface area is 216 Å². The first-order valence-electron chi connectivity index (χ1n) is 12.0. The van der Waals surface area contributed by atoms with Gasteiger partial charge >= 0.3 is 6.03 Å². The summed E-state index contributed by atoms with van der Waals surface area (Å²) in [5.41, 5.74) is 1.95. The molecule has 2 aliphatic heterocycles. The van der Waals surface area contributed by atoms with Gasteiger partial charge in [-0.3, -0.25) is 9.59 Å². The Hall–Kier alpha value is -3.48. The average molecular weight is 506 g/mol.